The first-order chi connectivity index (χ1) is 9.72. The molecule has 100 valence electrons. The van der Waals surface area contributed by atoms with E-state index in [0.29, 0.717) is 4.83 Å². The number of fused-ring (bicyclic) bond motifs is 1. The van der Waals surface area contributed by atoms with Crippen LogP contribution in [0.1, 0.15) is 16.0 Å². The van der Waals surface area contributed by atoms with Crippen molar-refractivity contribution in [1.29, 1.82) is 0 Å². The molecule has 0 aromatic heterocycles. The van der Waals surface area contributed by atoms with Crippen molar-refractivity contribution in [2.24, 2.45) is 0 Å². The third-order valence-electron chi connectivity index (χ3n) is 3.45. The predicted octanol–water partition coefficient (Wildman–Crippen LogP) is 6.28. The summed E-state index contributed by atoms with van der Waals surface area (Å²) in [5.74, 6) is 0. The Morgan fingerprint density at radius 3 is 2.30 bits per heavy atom. The van der Waals surface area contributed by atoms with E-state index in [0.717, 1.165) is 10.9 Å². The van der Waals surface area contributed by atoms with E-state index in [1.54, 1.807) is 0 Å². The second-order valence-electron chi connectivity index (χ2n) is 4.91. The van der Waals surface area contributed by atoms with Gasteiger partial charge in [-0.1, -0.05) is 86.5 Å². The summed E-state index contributed by atoms with van der Waals surface area (Å²) >= 11 is 7.33. The van der Waals surface area contributed by atoms with Gasteiger partial charge in [0.05, 0.1) is 0 Å². The van der Waals surface area contributed by atoms with Crippen molar-refractivity contribution in [2.75, 3.05) is 0 Å². The molecule has 0 nitrogen and oxygen atoms in total. The Hall–Kier alpha value is -1.12. The quantitative estimate of drug-likeness (QED) is 0.462. The van der Waals surface area contributed by atoms with Gasteiger partial charge in [-0.3, -0.25) is 0 Å². The van der Waals surface area contributed by atoms with Gasteiger partial charge in [0.1, 0.15) is 0 Å². The van der Waals surface area contributed by atoms with Gasteiger partial charge < -0.3 is 0 Å². The smallest absolute Gasteiger partial charge is 0.0435 e. The monoisotopic (exact) mass is 388 g/mol. The SMILES string of the molecule is Brc1ccc2cc(C(Br)Cc3ccccc3)ccc2c1. The molecule has 0 aliphatic carbocycles. The molecule has 0 saturated carbocycles. The maximum absolute atomic E-state index is 3.81. The van der Waals surface area contributed by atoms with Crippen molar-refractivity contribution in [3.63, 3.8) is 0 Å². The number of rotatable bonds is 3. The average molecular weight is 390 g/mol. The molecule has 20 heavy (non-hydrogen) atoms. The van der Waals surface area contributed by atoms with Crippen molar-refractivity contribution < 1.29 is 0 Å². The predicted molar refractivity (Wildman–Crippen MR) is 93.5 cm³/mol. The first-order valence-corrected chi connectivity index (χ1v) is 8.30. The normalized spacial score (nSPS) is 12.5. The maximum atomic E-state index is 3.81. The van der Waals surface area contributed by atoms with Crippen molar-refractivity contribution in [3.8, 4) is 0 Å². The molecule has 1 atom stereocenters. The lowest BCUT2D eigenvalue weighted by Crippen LogP contribution is -1.95. The number of benzene rings is 3. The highest BCUT2D eigenvalue weighted by Crippen LogP contribution is 2.30. The molecule has 1 unspecified atom stereocenters. The topological polar surface area (TPSA) is 0 Å². The molecule has 0 heterocycles. The lowest BCUT2D eigenvalue weighted by molar-refractivity contribution is 0.951. The average Bonchev–Trinajstić information content (AvgIpc) is 2.47. The molecule has 0 bridgehead atoms. The zero-order chi connectivity index (χ0) is 13.9. The summed E-state index contributed by atoms with van der Waals surface area (Å²) in [7, 11) is 0. The van der Waals surface area contributed by atoms with E-state index in [1.165, 1.54) is 21.9 Å². The van der Waals surface area contributed by atoms with Gasteiger partial charge in [-0.25, -0.2) is 0 Å². The third-order valence-corrected chi connectivity index (χ3v) is 4.79. The van der Waals surface area contributed by atoms with Crippen LogP contribution in [-0.2, 0) is 6.42 Å². The summed E-state index contributed by atoms with van der Waals surface area (Å²) in [5, 5.41) is 2.55. The fourth-order valence-corrected chi connectivity index (χ4v) is 3.41. The second kappa shape index (κ2) is 6.11. The van der Waals surface area contributed by atoms with Gasteiger partial charge in [-0.2, -0.15) is 0 Å². The molecule has 0 fully saturated rings. The van der Waals surface area contributed by atoms with Crippen molar-refractivity contribution >= 4 is 42.6 Å². The Balaban J connectivity index is 1.88. The van der Waals surface area contributed by atoms with Crippen molar-refractivity contribution in [3.05, 3.63) is 82.3 Å². The highest BCUT2D eigenvalue weighted by Gasteiger charge is 2.09. The molecule has 0 saturated heterocycles. The van der Waals surface area contributed by atoms with E-state index in [4.69, 9.17) is 0 Å². The lowest BCUT2D eigenvalue weighted by Gasteiger charge is -2.11. The van der Waals surface area contributed by atoms with Crippen LogP contribution >= 0.6 is 31.9 Å². The summed E-state index contributed by atoms with van der Waals surface area (Å²) in [4.78, 5) is 0.345. The Morgan fingerprint density at radius 2 is 1.50 bits per heavy atom. The van der Waals surface area contributed by atoms with Crippen LogP contribution in [0.2, 0.25) is 0 Å². The molecule has 3 rings (SSSR count). The minimum absolute atomic E-state index is 0.345. The zero-order valence-electron chi connectivity index (χ0n) is 10.9. The van der Waals surface area contributed by atoms with E-state index in [1.807, 2.05) is 0 Å². The number of hydrogen-bond acceptors (Lipinski definition) is 0. The Morgan fingerprint density at radius 1 is 0.800 bits per heavy atom. The summed E-state index contributed by atoms with van der Waals surface area (Å²) in [6.07, 6.45) is 1.00. The summed E-state index contributed by atoms with van der Waals surface area (Å²) in [6, 6.07) is 23.6. The molecule has 0 amide bonds. The fraction of sp³-hybridized carbons (Fsp3) is 0.111. The Labute approximate surface area is 136 Å². The largest absolute Gasteiger partial charge is 0.0835 e. The van der Waals surface area contributed by atoms with Gasteiger partial charge in [-0.15, -0.1) is 0 Å². The summed E-state index contributed by atoms with van der Waals surface area (Å²) in [6.45, 7) is 0. The highest BCUT2D eigenvalue weighted by atomic mass is 79.9. The van der Waals surface area contributed by atoms with E-state index in [-0.39, 0.29) is 0 Å². The Bertz CT molecular complexity index is 720. The molecular formula is C18H14Br2. The molecule has 3 aromatic rings. The van der Waals surface area contributed by atoms with E-state index >= 15 is 0 Å². The van der Waals surface area contributed by atoms with Gasteiger partial charge in [0.2, 0.25) is 0 Å². The number of halogens is 2. The van der Waals surface area contributed by atoms with Gasteiger partial charge in [0, 0.05) is 9.30 Å². The molecular weight excluding hydrogens is 376 g/mol. The van der Waals surface area contributed by atoms with Gasteiger partial charge >= 0.3 is 0 Å². The van der Waals surface area contributed by atoms with Crippen LogP contribution in [-0.4, -0.2) is 0 Å². The molecule has 0 aliphatic rings. The first kappa shape index (κ1) is 13.8. The van der Waals surface area contributed by atoms with Gasteiger partial charge in [0.15, 0.2) is 0 Å². The third kappa shape index (κ3) is 3.13. The lowest BCUT2D eigenvalue weighted by atomic mass is 10.0. The molecule has 3 aromatic carbocycles. The van der Waals surface area contributed by atoms with Crippen LogP contribution in [0.3, 0.4) is 0 Å². The Kier molecular flexibility index (Phi) is 4.23. The fourth-order valence-electron chi connectivity index (χ4n) is 2.37. The molecule has 0 aliphatic heterocycles. The van der Waals surface area contributed by atoms with Crippen LogP contribution in [0, 0.1) is 0 Å². The highest BCUT2D eigenvalue weighted by molar-refractivity contribution is 9.10. The minimum atomic E-state index is 0.345. The van der Waals surface area contributed by atoms with E-state index in [9.17, 15) is 0 Å². The second-order valence-corrected chi connectivity index (χ2v) is 6.93. The minimum Gasteiger partial charge on any atom is -0.0835 e. The van der Waals surface area contributed by atoms with Crippen LogP contribution in [0.25, 0.3) is 10.8 Å². The number of hydrogen-bond donors (Lipinski definition) is 0. The van der Waals surface area contributed by atoms with Crippen molar-refractivity contribution in [2.45, 2.75) is 11.2 Å². The standard InChI is InChI=1S/C18H14Br2/c19-17-9-8-14-11-16(7-6-15(14)12-17)18(20)10-13-4-2-1-3-5-13/h1-9,11-12,18H,10H2. The molecule has 2 heteroatoms. The van der Waals surface area contributed by atoms with Crippen LogP contribution < -0.4 is 0 Å². The van der Waals surface area contributed by atoms with Gasteiger partial charge in [-0.05, 0) is 40.5 Å². The maximum Gasteiger partial charge on any atom is 0.0435 e. The molecule has 0 N–H and O–H groups in total. The first-order valence-electron chi connectivity index (χ1n) is 6.59. The molecule has 0 spiro atoms. The van der Waals surface area contributed by atoms with Crippen molar-refractivity contribution in [1.82, 2.24) is 0 Å². The van der Waals surface area contributed by atoms with Crippen LogP contribution in [0.4, 0.5) is 0 Å². The zero-order valence-corrected chi connectivity index (χ0v) is 14.1. The van der Waals surface area contributed by atoms with E-state index in [2.05, 4.69) is 98.6 Å². The van der Waals surface area contributed by atoms with Crippen LogP contribution in [0.5, 0.6) is 0 Å². The van der Waals surface area contributed by atoms with E-state index < -0.39 is 0 Å². The summed E-state index contributed by atoms with van der Waals surface area (Å²) in [5.41, 5.74) is 2.67. The number of alkyl halides is 1. The summed E-state index contributed by atoms with van der Waals surface area (Å²) < 4.78 is 1.12. The van der Waals surface area contributed by atoms with Crippen LogP contribution in [0.15, 0.2) is 71.2 Å². The molecule has 0 radical (unpaired) electrons. The van der Waals surface area contributed by atoms with Gasteiger partial charge in [0.25, 0.3) is 0 Å².